The fourth-order valence-corrected chi connectivity index (χ4v) is 1.92. The Labute approximate surface area is 98.1 Å². The van der Waals surface area contributed by atoms with Gasteiger partial charge in [-0.1, -0.05) is 20.8 Å². The number of carbonyl (C=O) groups is 1. The van der Waals surface area contributed by atoms with Crippen LogP contribution in [0.1, 0.15) is 34.6 Å². The van der Waals surface area contributed by atoms with Gasteiger partial charge in [0.15, 0.2) is 0 Å². The van der Waals surface area contributed by atoms with Crippen molar-refractivity contribution >= 4 is 5.91 Å². The maximum atomic E-state index is 12.2. The van der Waals surface area contributed by atoms with Crippen LogP contribution in [0.4, 0.5) is 0 Å². The van der Waals surface area contributed by atoms with Crippen molar-refractivity contribution in [2.24, 2.45) is 11.1 Å². The highest BCUT2D eigenvalue weighted by Gasteiger charge is 2.34. The molecule has 1 saturated heterocycles. The second kappa shape index (κ2) is 4.72. The van der Waals surface area contributed by atoms with E-state index in [4.69, 9.17) is 10.5 Å². The smallest absolute Gasteiger partial charge is 0.240 e. The van der Waals surface area contributed by atoms with Crippen molar-refractivity contribution in [1.29, 1.82) is 0 Å². The molecule has 16 heavy (non-hydrogen) atoms. The van der Waals surface area contributed by atoms with Gasteiger partial charge in [-0.25, -0.2) is 0 Å². The number of morpholine rings is 1. The second-order valence-electron chi connectivity index (χ2n) is 5.84. The van der Waals surface area contributed by atoms with Gasteiger partial charge in [-0.3, -0.25) is 4.79 Å². The highest BCUT2D eigenvalue weighted by molar-refractivity contribution is 5.82. The lowest BCUT2D eigenvalue weighted by Crippen LogP contribution is -2.56. The number of nitrogens with zero attached hydrogens (tertiary/aromatic N) is 1. The van der Waals surface area contributed by atoms with Crippen molar-refractivity contribution in [1.82, 2.24) is 4.90 Å². The predicted molar refractivity (Wildman–Crippen MR) is 64.0 cm³/mol. The van der Waals surface area contributed by atoms with Gasteiger partial charge < -0.3 is 15.4 Å². The molecule has 1 aliphatic heterocycles. The highest BCUT2D eigenvalue weighted by atomic mass is 16.5. The van der Waals surface area contributed by atoms with Crippen LogP contribution in [0.5, 0.6) is 0 Å². The molecule has 1 heterocycles. The molecule has 2 N–H and O–H groups in total. The van der Waals surface area contributed by atoms with Gasteiger partial charge >= 0.3 is 0 Å². The number of carbonyl (C=O) groups excluding carboxylic acids is 1. The van der Waals surface area contributed by atoms with Crippen molar-refractivity contribution in [2.75, 3.05) is 13.1 Å². The molecular weight excluding hydrogens is 204 g/mol. The van der Waals surface area contributed by atoms with Crippen molar-refractivity contribution in [2.45, 2.75) is 52.9 Å². The standard InChI is InChI=1S/C12H24N2O2/c1-8-6-14(7-9(2)16-8)11(15)10(13)12(3,4)5/h8-10H,6-7,13H2,1-5H3/t8?,9?,10-/m0/s1. The summed E-state index contributed by atoms with van der Waals surface area (Å²) < 4.78 is 5.60. The molecule has 0 bridgehead atoms. The van der Waals surface area contributed by atoms with Gasteiger partial charge in [0.2, 0.25) is 5.91 Å². The molecule has 0 aromatic carbocycles. The van der Waals surface area contributed by atoms with Gasteiger partial charge in [0.05, 0.1) is 18.2 Å². The molecule has 1 aliphatic rings. The van der Waals surface area contributed by atoms with E-state index in [1.807, 2.05) is 39.5 Å². The molecule has 4 heteroatoms. The third-order valence-electron chi connectivity index (χ3n) is 2.93. The zero-order chi connectivity index (χ0) is 12.5. The van der Waals surface area contributed by atoms with Crippen molar-refractivity contribution in [3.63, 3.8) is 0 Å². The molecule has 2 unspecified atom stereocenters. The SMILES string of the molecule is CC1CN(C(=O)[C@H](N)C(C)(C)C)CC(C)O1. The van der Waals surface area contributed by atoms with Gasteiger partial charge in [-0.05, 0) is 19.3 Å². The predicted octanol–water partition coefficient (Wildman–Crippen LogP) is 0.996. The molecule has 1 rings (SSSR count). The van der Waals surface area contributed by atoms with E-state index in [0.717, 1.165) is 0 Å². The normalized spacial score (nSPS) is 29.0. The number of hydrogen-bond donors (Lipinski definition) is 1. The maximum Gasteiger partial charge on any atom is 0.240 e. The summed E-state index contributed by atoms with van der Waals surface area (Å²) in [4.78, 5) is 14.0. The first-order valence-corrected chi connectivity index (χ1v) is 5.91. The molecule has 0 spiro atoms. The maximum absolute atomic E-state index is 12.2. The Morgan fingerprint density at radius 1 is 1.31 bits per heavy atom. The summed E-state index contributed by atoms with van der Waals surface area (Å²) in [5.41, 5.74) is 5.79. The largest absolute Gasteiger partial charge is 0.372 e. The van der Waals surface area contributed by atoms with E-state index in [1.54, 1.807) is 0 Å². The van der Waals surface area contributed by atoms with Crippen LogP contribution >= 0.6 is 0 Å². The summed E-state index contributed by atoms with van der Waals surface area (Å²) in [5.74, 6) is 0.0366. The Balaban J connectivity index is 2.67. The quantitative estimate of drug-likeness (QED) is 0.728. The Kier molecular flexibility index (Phi) is 3.97. The van der Waals surface area contributed by atoms with Crippen molar-refractivity contribution in [3.8, 4) is 0 Å². The fraction of sp³-hybridized carbons (Fsp3) is 0.917. The van der Waals surface area contributed by atoms with Crippen LogP contribution < -0.4 is 5.73 Å². The third-order valence-corrected chi connectivity index (χ3v) is 2.93. The van der Waals surface area contributed by atoms with E-state index in [-0.39, 0.29) is 23.5 Å². The Morgan fingerprint density at radius 3 is 2.12 bits per heavy atom. The molecule has 0 saturated carbocycles. The average Bonchev–Trinajstić information content (AvgIpc) is 2.12. The van der Waals surface area contributed by atoms with Crippen LogP contribution in [0.2, 0.25) is 0 Å². The minimum absolute atomic E-state index is 0.0366. The van der Waals surface area contributed by atoms with Crippen LogP contribution in [-0.4, -0.2) is 42.1 Å². The molecule has 3 atom stereocenters. The molecular formula is C12H24N2O2. The molecule has 0 aliphatic carbocycles. The minimum Gasteiger partial charge on any atom is -0.372 e. The summed E-state index contributed by atoms with van der Waals surface area (Å²) in [7, 11) is 0. The summed E-state index contributed by atoms with van der Waals surface area (Å²) in [5, 5.41) is 0. The average molecular weight is 228 g/mol. The van der Waals surface area contributed by atoms with E-state index >= 15 is 0 Å². The lowest BCUT2D eigenvalue weighted by Gasteiger charge is -2.38. The van der Waals surface area contributed by atoms with Crippen LogP contribution in [0, 0.1) is 5.41 Å². The Bertz CT molecular complexity index is 250. The number of amides is 1. The zero-order valence-electron chi connectivity index (χ0n) is 11.0. The van der Waals surface area contributed by atoms with E-state index in [9.17, 15) is 4.79 Å². The van der Waals surface area contributed by atoms with E-state index in [2.05, 4.69) is 0 Å². The van der Waals surface area contributed by atoms with Crippen molar-refractivity contribution in [3.05, 3.63) is 0 Å². The summed E-state index contributed by atoms with van der Waals surface area (Å²) in [6.45, 7) is 11.2. The summed E-state index contributed by atoms with van der Waals surface area (Å²) in [6, 6.07) is -0.440. The number of hydrogen-bond acceptors (Lipinski definition) is 3. The third kappa shape index (κ3) is 3.19. The topological polar surface area (TPSA) is 55.6 Å². The number of nitrogens with two attached hydrogens (primary N) is 1. The molecule has 4 nitrogen and oxygen atoms in total. The van der Waals surface area contributed by atoms with Gasteiger partial charge in [0, 0.05) is 13.1 Å². The van der Waals surface area contributed by atoms with E-state index in [1.165, 1.54) is 0 Å². The summed E-state index contributed by atoms with van der Waals surface area (Å²) in [6.07, 6.45) is 0.194. The first-order valence-electron chi connectivity index (χ1n) is 5.91. The van der Waals surface area contributed by atoms with Crippen LogP contribution in [0.25, 0.3) is 0 Å². The second-order valence-corrected chi connectivity index (χ2v) is 5.84. The summed E-state index contributed by atoms with van der Waals surface area (Å²) >= 11 is 0. The molecule has 0 aromatic heterocycles. The number of rotatable bonds is 1. The van der Waals surface area contributed by atoms with Gasteiger partial charge in [0.1, 0.15) is 0 Å². The Morgan fingerprint density at radius 2 is 1.75 bits per heavy atom. The van der Waals surface area contributed by atoms with Gasteiger partial charge in [-0.15, -0.1) is 0 Å². The van der Waals surface area contributed by atoms with E-state index in [0.29, 0.717) is 13.1 Å². The molecule has 1 fully saturated rings. The molecule has 94 valence electrons. The minimum atomic E-state index is -0.440. The highest BCUT2D eigenvalue weighted by Crippen LogP contribution is 2.21. The lowest BCUT2D eigenvalue weighted by molar-refractivity contribution is -0.146. The van der Waals surface area contributed by atoms with Crippen LogP contribution in [-0.2, 0) is 9.53 Å². The van der Waals surface area contributed by atoms with Crippen LogP contribution in [0.15, 0.2) is 0 Å². The fourth-order valence-electron chi connectivity index (χ4n) is 1.92. The monoisotopic (exact) mass is 228 g/mol. The first kappa shape index (κ1) is 13.5. The zero-order valence-corrected chi connectivity index (χ0v) is 11.0. The lowest BCUT2D eigenvalue weighted by atomic mass is 9.86. The first-order chi connectivity index (χ1) is 7.21. The van der Waals surface area contributed by atoms with Gasteiger partial charge in [0.25, 0.3) is 0 Å². The molecule has 0 aromatic rings. The molecule has 0 radical (unpaired) electrons. The van der Waals surface area contributed by atoms with E-state index < -0.39 is 6.04 Å². The van der Waals surface area contributed by atoms with Gasteiger partial charge in [-0.2, -0.15) is 0 Å². The molecule has 1 amide bonds. The Hall–Kier alpha value is -0.610. The van der Waals surface area contributed by atoms with Crippen molar-refractivity contribution < 1.29 is 9.53 Å². The number of ether oxygens (including phenoxy) is 1. The van der Waals surface area contributed by atoms with Crippen LogP contribution in [0.3, 0.4) is 0 Å².